The van der Waals surface area contributed by atoms with Gasteiger partial charge in [-0.15, -0.1) is 0 Å². The Kier molecular flexibility index (Phi) is 6.19. The molecule has 0 unspecified atom stereocenters. The van der Waals surface area contributed by atoms with Crippen molar-refractivity contribution in [1.29, 1.82) is 0 Å². The van der Waals surface area contributed by atoms with Gasteiger partial charge in [-0.1, -0.05) is 18.2 Å². The van der Waals surface area contributed by atoms with Crippen molar-refractivity contribution in [2.45, 2.75) is 6.42 Å². The summed E-state index contributed by atoms with van der Waals surface area (Å²) in [5.74, 6) is 0.812. The Hall–Kier alpha value is -2.73. The van der Waals surface area contributed by atoms with Gasteiger partial charge in [0.1, 0.15) is 5.75 Å². The first-order valence-corrected chi connectivity index (χ1v) is 10.0. The molecule has 2 aromatic rings. The molecule has 1 heterocycles. The summed E-state index contributed by atoms with van der Waals surface area (Å²) in [7, 11) is 0. The highest BCUT2D eigenvalue weighted by Gasteiger charge is 2.19. The lowest BCUT2D eigenvalue weighted by atomic mass is 10.0. The van der Waals surface area contributed by atoms with Gasteiger partial charge in [0.25, 0.3) is 0 Å². The summed E-state index contributed by atoms with van der Waals surface area (Å²) in [6.45, 7) is 1.03. The standard InChI is InChI=1S/C21H21NO4S/c1-27-11-10-26-19-5-2-15(3-6-19)16-4-7-20-18(12-16)13-17(21(24)25)8-9-22(20)14-23/h2-7,12-14H,8-11H2,1H3,(H,24,25). The molecule has 1 aliphatic heterocycles. The van der Waals surface area contributed by atoms with Crippen LogP contribution in [0.25, 0.3) is 17.2 Å². The number of hydrogen-bond donors (Lipinski definition) is 1. The number of carbonyl (C=O) groups excluding carboxylic acids is 1. The summed E-state index contributed by atoms with van der Waals surface area (Å²) in [5, 5.41) is 9.36. The minimum Gasteiger partial charge on any atom is -0.493 e. The number of fused-ring (bicyclic) bond motifs is 1. The van der Waals surface area contributed by atoms with E-state index in [0.29, 0.717) is 25.1 Å². The fourth-order valence-corrected chi connectivity index (χ4v) is 3.25. The second kappa shape index (κ2) is 8.77. The molecule has 1 N–H and O–H groups in total. The Balaban J connectivity index is 1.91. The number of carbonyl (C=O) groups is 2. The number of benzene rings is 2. The minimum atomic E-state index is -0.953. The van der Waals surface area contributed by atoms with Gasteiger partial charge in [0.2, 0.25) is 6.41 Å². The molecule has 0 aromatic heterocycles. The Morgan fingerprint density at radius 1 is 1.22 bits per heavy atom. The van der Waals surface area contributed by atoms with Gasteiger partial charge in [0, 0.05) is 17.9 Å². The van der Waals surface area contributed by atoms with Crippen LogP contribution in [0.1, 0.15) is 12.0 Å². The Morgan fingerprint density at radius 3 is 2.63 bits per heavy atom. The summed E-state index contributed by atoms with van der Waals surface area (Å²) in [5.41, 5.74) is 3.72. The van der Waals surface area contributed by atoms with Crippen molar-refractivity contribution in [3.8, 4) is 16.9 Å². The number of thioether (sulfide) groups is 1. The maximum atomic E-state index is 11.4. The summed E-state index contributed by atoms with van der Waals surface area (Å²) in [6, 6.07) is 13.5. The molecule has 27 heavy (non-hydrogen) atoms. The maximum absolute atomic E-state index is 11.4. The fraction of sp³-hybridized carbons (Fsp3) is 0.238. The number of rotatable bonds is 7. The number of anilines is 1. The lowest BCUT2D eigenvalue weighted by Crippen LogP contribution is -2.22. The number of carboxylic acids is 1. The molecule has 3 rings (SSSR count). The molecule has 0 aliphatic carbocycles. The van der Waals surface area contributed by atoms with Gasteiger partial charge < -0.3 is 14.7 Å². The first-order valence-electron chi connectivity index (χ1n) is 8.64. The zero-order valence-corrected chi connectivity index (χ0v) is 15.9. The van der Waals surface area contributed by atoms with Crippen molar-refractivity contribution >= 4 is 35.9 Å². The quantitative estimate of drug-likeness (QED) is 0.580. The van der Waals surface area contributed by atoms with Crippen molar-refractivity contribution in [3.05, 3.63) is 53.6 Å². The molecule has 0 atom stereocenters. The molecular weight excluding hydrogens is 362 g/mol. The van der Waals surface area contributed by atoms with Crippen LogP contribution in [0.15, 0.2) is 48.0 Å². The van der Waals surface area contributed by atoms with Gasteiger partial charge in [-0.25, -0.2) is 4.79 Å². The molecule has 0 spiro atoms. The number of ether oxygens (including phenoxy) is 1. The second-order valence-electron chi connectivity index (χ2n) is 6.16. The second-order valence-corrected chi connectivity index (χ2v) is 7.15. The van der Waals surface area contributed by atoms with Crippen molar-refractivity contribution in [3.63, 3.8) is 0 Å². The van der Waals surface area contributed by atoms with Crippen LogP contribution in [0.2, 0.25) is 0 Å². The van der Waals surface area contributed by atoms with Crippen molar-refractivity contribution < 1.29 is 19.4 Å². The number of amides is 1. The number of carboxylic acid groups (broad SMARTS) is 1. The van der Waals surface area contributed by atoms with E-state index in [1.165, 1.54) is 0 Å². The van der Waals surface area contributed by atoms with E-state index in [1.54, 1.807) is 22.7 Å². The highest BCUT2D eigenvalue weighted by Crippen LogP contribution is 2.32. The average molecular weight is 383 g/mol. The van der Waals surface area contributed by atoms with Crippen molar-refractivity contribution in [2.24, 2.45) is 0 Å². The van der Waals surface area contributed by atoms with Gasteiger partial charge in [-0.2, -0.15) is 11.8 Å². The molecular formula is C21H21NO4S. The molecule has 0 saturated heterocycles. The van der Waals surface area contributed by atoms with E-state index >= 15 is 0 Å². The molecule has 2 aromatic carbocycles. The van der Waals surface area contributed by atoms with Crippen LogP contribution < -0.4 is 9.64 Å². The third-order valence-corrected chi connectivity index (χ3v) is 5.01. The van der Waals surface area contributed by atoms with Crippen LogP contribution in [-0.2, 0) is 9.59 Å². The Morgan fingerprint density at radius 2 is 1.96 bits per heavy atom. The summed E-state index contributed by atoms with van der Waals surface area (Å²) < 4.78 is 5.67. The van der Waals surface area contributed by atoms with Crippen LogP contribution >= 0.6 is 11.8 Å². The summed E-state index contributed by atoms with van der Waals surface area (Å²) >= 11 is 1.74. The maximum Gasteiger partial charge on any atom is 0.331 e. The van der Waals surface area contributed by atoms with Crippen LogP contribution in [0, 0.1) is 0 Å². The smallest absolute Gasteiger partial charge is 0.331 e. The molecule has 140 valence electrons. The van der Waals surface area contributed by atoms with Crippen LogP contribution in [-0.4, -0.2) is 42.6 Å². The summed E-state index contributed by atoms with van der Waals surface area (Å²) in [6.07, 6.45) is 4.77. The zero-order valence-electron chi connectivity index (χ0n) is 15.1. The van der Waals surface area contributed by atoms with E-state index < -0.39 is 5.97 Å². The first kappa shape index (κ1) is 19.0. The van der Waals surface area contributed by atoms with Crippen LogP contribution in [0.5, 0.6) is 5.75 Å². The molecule has 0 bridgehead atoms. The topological polar surface area (TPSA) is 66.8 Å². The van der Waals surface area contributed by atoms with E-state index in [2.05, 4.69) is 0 Å². The Labute approximate surface area is 162 Å². The predicted octanol–water partition coefficient (Wildman–Crippen LogP) is 3.93. The predicted molar refractivity (Wildman–Crippen MR) is 109 cm³/mol. The van der Waals surface area contributed by atoms with Crippen LogP contribution in [0.4, 0.5) is 5.69 Å². The van der Waals surface area contributed by atoms with E-state index in [4.69, 9.17) is 4.74 Å². The van der Waals surface area contributed by atoms with Gasteiger partial charge in [-0.05, 0) is 59.7 Å². The third kappa shape index (κ3) is 4.52. The minimum absolute atomic E-state index is 0.301. The SMILES string of the molecule is CSCCOc1ccc(-c2ccc3c(c2)C=C(C(=O)O)CCN3C=O)cc1. The molecule has 5 nitrogen and oxygen atoms in total. The molecule has 1 aliphatic rings. The summed E-state index contributed by atoms with van der Waals surface area (Å²) in [4.78, 5) is 24.4. The lowest BCUT2D eigenvalue weighted by Gasteiger charge is -2.18. The molecule has 0 saturated carbocycles. The highest BCUT2D eigenvalue weighted by atomic mass is 32.2. The fourth-order valence-electron chi connectivity index (χ4n) is 3.00. The monoisotopic (exact) mass is 383 g/mol. The first-order chi connectivity index (χ1) is 13.1. The van der Waals surface area contributed by atoms with E-state index in [0.717, 1.165) is 40.3 Å². The zero-order chi connectivity index (χ0) is 19.2. The van der Waals surface area contributed by atoms with E-state index in [9.17, 15) is 14.7 Å². The molecule has 0 radical (unpaired) electrons. The molecule has 0 fully saturated rings. The molecule has 1 amide bonds. The number of hydrogen-bond acceptors (Lipinski definition) is 4. The highest BCUT2D eigenvalue weighted by molar-refractivity contribution is 7.98. The lowest BCUT2D eigenvalue weighted by molar-refractivity contribution is -0.132. The van der Waals surface area contributed by atoms with E-state index in [1.807, 2.05) is 48.7 Å². The van der Waals surface area contributed by atoms with Gasteiger partial charge in [-0.3, -0.25) is 4.79 Å². The third-order valence-electron chi connectivity index (χ3n) is 4.43. The van der Waals surface area contributed by atoms with Gasteiger partial charge >= 0.3 is 5.97 Å². The Bertz CT molecular complexity index is 861. The average Bonchev–Trinajstić information content (AvgIpc) is 2.87. The van der Waals surface area contributed by atoms with Crippen molar-refractivity contribution in [2.75, 3.05) is 30.1 Å². The van der Waals surface area contributed by atoms with Crippen LogP contribution in [0.3, 0.4) is 0 Å². The number of aliphatic carboxylic acids is 1. The van der Waals surface area contributed by atoms with Crippen molar-refractivity contribution in [1.82, 2.24) is 0 Å². The normalized spacial score (nSPS) is 13.4. The van der Waals surface area contributed by atoms with E-state index in [-0.39, 0.29) is 0 Å². The largest absolute Gasteiger partial charge is 0.493 e. The van der Waals surface area contributed by atoms with Gasteiger partial charge in [0.15, 0.2) is 0 Å². The molecule has 6 heteroatoms. The van der Waals surface area contributed by atoms with Gasteiger partial charge in [0.05, 0.1) is 12.3 Å². The number of nitrogens with zero attached hydrogens (tertiary/aromatic N) is 1.